The lowest BCUT2D eigenvalue weighted by atomic mass is 9.92. The monoisotopic (exact) mass is 292 g/mol. The van der Waals surface area contributed by atoms with E-state index in [0.29, 0.717) is 14.2 Å². The molecule has 17 heavy (non-hydrogen) atoms. The van der Waals surface area contributed by atoms with E-state index in [1.807, 2.05) is 0 Å². The van der Waals surface area contributed by atoms with Crippen molar-refractivity contribution >= 4 is 40.4 Å². The molecule has 0 unspecified atom stereocenters. The summed E-state index contributed by atoms with van der Waals surface area (Å²) in [5.74, 6) is -0.140. The summed E-state index contributed by atoms with van der Waals surface area (Å²) < 4.78 is 0.978. The largest absolute Gasteiger partial charge is 0.349 e. The van der Waals surface area contributed by atoms with Crippen LogP contribution in [0.4, 0.5) is 0 Å². The molecule has 1 saturated carbocycles. The molecule has 0 bridgehead atoms. The first-order chi connectivity index (χ1) is 8.06. The highest BCUT2D eigenvalue weighted by atomic mass is 35.5. The smallest absolute Gasteiger partial charge is 0.253 e. The van der Waals surface area contributed by atoms with Crippen LogP contribution in [-0.4, -0.2) is 18.0 Å². The Labute approximate surface area is 114 Å². The predicted octanol–water partition coefficient (Wildman–Crippen LogP) is 3.05. The van der Waals surface area contributed by atoms with Crippen molar-refractivity contribution in [2.75, 3.05) is 0 Å². The molecule has 94 valence electrons. The van der Waals surface area contributed by atoms with E-state index in [1.54, 1.807) is 6.07 Å². The summed E-state index contributed by atoms with van der Waals surface area (Å²) >= 11 is 13.0. The normalized spacial score (nSPS) is 24.6. The summed E-state index contributed by atoms with van der Waals surface area (Å²) in [4.78, 5) is 11.9. The first-order valence-electron chi connectivity index (χ1n) is 5.57. The third-order valence-corrected chi connectivity index (χ3v) is 4.50. The number of nitrogens with two attached hydrogens (primary N) is 1. The van der Waals surface area contributed by atoms with Crippen LogP contribution >= 0.6 is 34.5 Å². The summed E-state index contributed by atoms with van der Waals surface area (Å²) in [6.07, 6.45) is 3.79. The molecule has 1 aromatic rings. The average Bonchev–Trinajstić information content (AvgIpc) is 2.61. The van der Waals surface area contributed by atoms with Gasteiger partial charge in [-0.3, -0.25) is 4.79 Å². The first-order valence-corrected chi connectivity index (χ1v) is 7.15. The molecule has 0 aliphatic heterocycles. The van der Waals surface area contributed by atoms with E-state index in [2.05, 4.69) is 5.32 Å². The fourth-order valence-electron chi connectivity index (χ4n) is 2.02. The van der Waals surface area contributed by atoms with Gasteiger partial charge in [-0.2, -0.15) is 0 Å². The molecule has 0 aromatic carbocycles. The van der Waals surface area contributed by atoms with E-state index in [4.69, 9.17) is 28.9 Å². The van der Waals surface area contributed by atoms with Gasteiger partial charge >= 0.3 is 0 Å². The predicted molar refractivity (Wildman–Crippen MR) is 72.0 cm³/mol. The molecule has 1 amide bonds. The molecule has 1 fully saturated rings. The molecule has 0 atom stereocenters. The minimum Gasteiger partial charge on any atom is -0.349 e. The van der Waals surface area contributed by atoms with E-state index >= 15 is 0 Å². The number of rotatable bonds is 2. The molecule has 6 heteroatoms. The number of carbonyl (C=O) groups excluding carboxylic acids is 1. The van der Waals surface area contributed by atoms with Crippen LogP contribution in [0, 0.1) is 0 Å². The van der Waals surface area contributed by atoms with Crippen LogP contribution in [0.15, 0.2) is 6.07 Å². The van der Waals surface area contributed by atoms with Gasteiger partial charge < -0.3 is 11.1 Å². The van der Waals surface area contributed by atoms with Crippen LogP contribution in [0.5, 0.6) is 0 Å². The van der Waals surface area contributed by atoms with Crippen molar-refractivity contribution in [2.24, 2.45) is 5.73 Å². The maximum absolute atomic E-state index is 11.9. The van der Waals surface area contributed by atoms with E-state index in [1.165, 1.54) is 11.3 Å². The Bertz CT molecular complexity index is 414. The molecule has 0 radical (unpaired) electrons. The first kappa shape index (κ1) is 13.1. The number of carbonyl (C=O) groups is 1. The van der Waals surface area contributed by atoms with Gasteiger partial charge in [-0.05, 0) is 31.7 Å². The zero-order valence-corrected chi connectivity index (χ0v) is 11.5. The summed E-state index contributed by atoms with van der Waals surface area (Å²) in [7, 11) is 0. The van der Waals surface area contributed by atoms with Crippen LogP contribution < -0.4 is 11.1 Å². The second-order valence-electron chi connectivity index (χ2n) is 4.32. The molecule has 3 N–H and O–H groups in total. The quantitative estimate of drug-likeness (QED) is 0.880. The molecule has 3 nitrogen and oxygen atoms in total. The van der Waals surface area contributed by atoms with Gasteiger partial charge in [0, 0.05) is 12.1 Å². The van der Waals surface area contributed by atoms with Crippen LogP contribution in [-0.2, 0) is 0 Å². The molecule has 1 aromatic heterocycles. The van der Waals surface area contributed by atoms with Crippen LogP contribution in [0.1, 0.15) is 36.0 Å². The molecule has 1 aliphatic carbocycles. The number of hydrogen-bond acceptors (Lipinski definition) is 3. The molecule has 0 saturated heterocycles. The Morgan fingerprint density at radius 3 is 2.53 bits per heavy atom. The van der Waals surface area contributed by atoms with E-state index in [-0.39, 0.29) is 18.0 Å². The van der Waals surface area contributed by atoms with Crippen molar-refractivity contribution in [3.05, 3.63) is 20.3 Å². The highest BCUT2D eigenvalue weighted by Crippen LogP contribution is 2.31. The third-order valence-electron chi connectivity index (χ3n) is 3.01. The van der Waals surface area contributed by atoms with Gasteiger partial charge in [0.2, 0.25) is 0 Å². The highest BCUT2D eigenvalue weighted by molar-refractivity contribution is 7.20. The van der Waals surface area contributed by atoms with Gasteiger partial charge in [-0.1, -0.05) is 23.2 Å². The SMILES string of the molecule is NC1CCC(NC(=O)c2cc(Cl)sc2Cl)CC1. The Kier molecular flexibility index (Phi) is 4.31. The van der Waals surface area contributed by atoms with Crippen molar-refractivity contribution in [1.82, 2.24) is 5.32 Å². The van der Waals surface area contributed by atoms with E-state index in [9.17, 15) is 4.79 Å². The van der Waals surface area contributed by atoms with Gasteiger partial charge in [0.25, 0.3) is 5.91 Å². The number of nitrogens with one attached hydrogen (secondary N) is 1. The van der Waals surface area contributed by atoms with Gasteiger partial charge in [0.1, 0.15) is 4.34 Å². The van der Waals surface area contributed by atoms with Gasteiger partial charge in [-0.25, -0.2) is 0 Å². The molecule has 1 heterocycles. The molecule has 0 spiro atoms. The van der Waals surface area contributed by atoms with Crippen LogP contribution in [0.2, 0.25) is 8.67 Å². The highest BCUT2D eigenvalue weighted by Gasteiger charge is 2.22. The van der Waals surface area contributed by atoms with Crippen molar-refractivity contribution in [3.63, 3.8) is 0 Å². The standard InChI is InChI=1S/C11H14Cl2N2OS/c12-9-5-8(10(13)17-9)11(16)15-7-3-1-6(14)2-4-7/h5-7H,1-4,14H2,(H,15,16). The van der Waals surface area contributed by atoms with Crippen molar-refractivity contribution in [2.45, 2.75) is 37.8 Å². The fraction of sp³-hybridized carbons (Fsp3) is 0.545. The second-order valence-corrected chi connectivity index (χ2v) is 6.61. The zero-order chi connectivity index (χ0) is 12.4. The average molecular weight is 293 g/mol. The maximum Gasteiger partial charge on any atom is 0.253 e. The van der Waals surface area contributed by atoms with Crippen molar-refractivity contribution in [3.8, 4) is 0 Å². The number of amides is 1. The van der Waals surface area contributed by atoms with E-state index in [0.717, 1.165) is 25.7 Å². The minimum absolute atomic E-state index is 0.140. The number of halogens is 2. The Morgan fingerprint density at radius 2 is 2.00 bits per heavy atom. The second kappa shape index (κ2) is 5.57. The topological polar surface area (TPSA) is 55.1 Å². The van der Waals surface area contributed by atoms with Crippen molar-refractivity contribution in [1.29, 1.82) is 0 Å². The molecule has 2 rings (SSSR count). The Morgan fingerprint density at radius 1 is 1.35 bits per heavy atom. The molecule has 1 aliphatic rings. The van der Waals surface area contributed by atoms with E-state index < -0.39 is 0 Å². The third kappa shape index (κ3) is 3.35. The molecular weight excluding hydrogens is 279 g/mol. The zero-order valence-electron chi connectivity index (χ0n) is 9.21. The maximum atomic E-state index is 11.9. The number of thiophene rings is 1. The van der Waals surface area contributed by atoms with Crippen molar-refractivity contribution < 1.29 is 4.79 Å². The minimum atomic E-state index is -0.140. The Hall–Kier alpha value is -0.290. The fourth-order valence-corrected chi connectivity index (χ4v) is 3.48. The molecular formula is C11H14Cl2N2OS. The lowest BCUT2D eigenvalue weighted by Gasteiger charge is -2.26. The summed E-state index contributed by atoms with van der Waals surface area (Å²) in [5.41, 5.74) is 6.29. The summed E-state index contributed by atoms with van der Waals surface area (Å²) in [6, 6.07) is 2.10. The summed E-state index contributed by atoms with van der Waals surface area (Å²) in [6.45, 7) is 0. The van der Waals surface area contributed by atoms with Gasteiger partial charge in [0.05, 0.1) is 9.90 Å². The van der Waals surface area contributed by atoms with Crippen LogP contribution in [0.25, 0.3) is 0 Å². The lowest BCUT2D eigenvalue weighted by Crippen LogP contribution is -2.40. The number of hydrogen-bond donors (Lipinski definition) is 2. The van der Waals surface area contributed by atoms with Gasteiger partial charge in [0.15, 0.2) is 0 Å². The lowest BCUT2D eigenvalue weighted by molar-refractivity contribution is 0.0926. The Balaban J connectivity index is 1.95. The summed E-state index contributed by atoms with van der Waals surface area (Å²) in [5, 5.41) is 2.98. The van der Waals surface area contributed by atoms with Gasteiger partial charge in [-0.15, -0.1) is 11.3 Å². The van der Waals surface area contributed by atoms with Crippen LogP contribution in [0.3, 0.4) is 0 Å².